The Hall–Kier alpha value is -2.09. The molecule has 0 aliphatic carbocycles. The summed E-state index contributed by atoms with van der Waals surface area (Å²) in [5, 5.41) is 16.7. The number of nitrogen functional groups attached to an aromatic ring is 1. The smallest absolute Gasteiger partial charge is 0.313 e. The van der Waals surface area contributed by atoms with Crippen molar-refractivity contribution in [3.8, 4) is 5.69 Å². The second kappa shape index (κ2) is 5.05. The summed E-state index contributed by atoms with van der Waals surface area (Å²) >= 11 is 1.06. The first-order chi connectivity index (χ1) is 8.58. The van der Waals surface area contributed by atoms with Gasteiger partial charge >= 0.3 is 5.97 Å². The zero-order valence-electron chi connectivity index (χ0n) is 9.57. The molecule has 0 fully saturated rings. The van der Waals surface area contributed by atoms with E-state index < -0.39 is 5.97 Å². The van der Waals surface area contributed by atoms with Crippen LogP contribution in [0.4, 0.5) is 5.95 Å². The Morgan fingerprint density at radius 3 is 2.89 bits per heavy atom. The highest BCUT2D eigenvalue weighted by atomic mass is 32.2. The number of anilines is 1. The van der Waals surface area contributed by atoms with Crippen molar-refractivity contribution >= 4 is 23.7 Å². The first-order valence-electron chi connectivity index (χ1n) is 5.06. The number of carboxylic acid groups (broad SMARTS) is 1. The first kappa shape index (κ1) is 12.4. The molecule has 0 saturated heterocycles. The van der Waals surface area contributed by atoms with Crippen LogP contribution in [0.25, 0.3) is 5.69 Å². The number of nitrogens with zero attached hydrogens (tertiary/aromatic N) is 4. The number of pyridine rings is 1. The minimum atomic E-state index is -0.921. The third kappa shape index (κ3) is 2.59. The van der Waals surface area contributed by atoms with Crippen LogP contribution < -0.4 is 5.73 Å². The SMILES string of the molecule is Cc1ccc(-n2c(N)nnc2SCC(=O)O)cn1. The van der Waals surface area contributed by atoms with Gasteiger partial charge in [0.15, 0.2) is 5.16 Å². The fourth-order valence-corrected chi connectivity index (χ4v) is 2.02. The number of carbonyl (C=O) groups is 1. The molecule has 0 unspecified atom stereocenters. The second-order valence-corrected chi connectivity index (χ2v) is 4.46. The lowest BCUT2D eigenvalue weighted by Crippen LogP contribution is -2.05. The van der Waals surface area contributed by atoms with E-state index in [-0.39, 0.29) is 11.7 Å². The van der Waals surface area contributed by atoms with Gasteiger partial charge in [0.05, 0.1) is 17.6 Å². The van der Waals surface area contributed by atoms with Crippen molar-refractivity contribution in [2.24, 2.45) is 0 Å². The van der Waals surface area contributed by atoms with Crippen molar-refractivity contribution in [1.82, 2.24) is 19.7 Å². The quantitative estimate of drug-likeness (QED) is 0.784. The minimum absolute atomic E-state index is 0.0998. The second-order valence-electron chi connectivity index (χ2n) is 3.52. The highest BCUT2D eigenvalue weighted by Crippen LogP contribution is 2.22. The highest BCUT2D eigenvalue weighted by molar-refractivity contribution is 7.99. The summed E-state index contributed by atoms with van der Waals surface area (Å²) in [5.41, 5.74) is 7.30. The number of aromatic nitrogens is 4. The van der Waals surface area contributed by atoms with Gasteiger partial charge in [0.1, 0.15) is 0 Å². The molecule has 2 rings (SSSR count). The summed E-state index contributed by atoms with van der Waals surface area (Å²) in [5.74, 6) is -0.819. The van der Waals surface area contributed by atoms with Gasteiger partial charge in [-0.15, -0.1) is 10.2 Å². The summed E-state index contributed by atoms with van der Waals surface area (Å²) in [6, 6.07) is 3.66. The van der Waals surface area contributed by atoms with E-state index in [1.165, 1.54) is 0 Å². The highest BCUT2D eigenvalue weighted by Gasteiger charge is 2.13. The van der Waals surface area contributed by atoms with Gasteiger partial charge in [-0.3, -0.25) is 14.3 Å². The fourth-order valence-electron chi connectivity index (χ4n) is 1.34. The number of aryl methyl sites for hydroxylation is 1. The van der Waals surface area contributed by atoms with Crippen molar-refractivity contribution < 1.29 is 9.90 Å². The van der Waals surface area contributed by atoms with Crippen molar-refractivity contribution in [3.63, 3.8) is 0 Å². The van der Waals surface area contributed by atoms with Crippen LogP contribution in [-0.4, -0.2) is 36.6 Å². The van der Waals surface area contributed by atoms with Crippen LogP contribution in [0.15, 0.2) is 23.5 Å². The summed E-state index contributed by atoms with van der Waals surface area (Å²) < 4.78 is 1.57. The van der Waals surface area contributed by atoms with Gasteiger partial charge in [-0.05, 0) is 19.1 Å². The summed E-state index contributed by atoms with van der Waals surface area (Å²) in [6.07, 6.45) is 1.64. The molecule has 7 nitrogen and oxygen atoms in total. The van der Waals surface area contributed by atoms with E-state index in [9.17, 15) is 4.79 Å². The van der Waals surface area contributed by atoms with Crippen LogP contribution in [0.3, 0.4) is 0 Å². The standard InChI is InChI=1S/C10H11N5O2S/c1-6-2-3-7(4-12-6)15-9(11)13-14-10(15)18-5-8(16)17/h2-4H,5H2,1H3,(H2,11,13)(H,16,17). The van der Waals surface area contributed by atoms with E-state index in [0.29, 0.717) is 10.8 Å². The molecule has 0 aliphatic rings. The normalized spacial score (nSPS) is 10.5. The van der Waals surface area contributed by atoms with E-state index in [1.54, 1.807) is 10.8 Å². The van der Waals surface area contributed by atoms with E-state index >= 15 is 0 Å². The fraction of sp³-hybridized carbons (Fsp3) is 0.200. The van der Waals surface area contributed by atoms with Crippen LogP contribution in [0.5, 0.6) is 0 Å². The zero-order chi connectivity index (χ0) is 13.1. The van der Waals surface area contributed by atoms with Crippen LogP contribution in [0, 0.1) is 6.92 Å². The zero-order valence-corrected chi connectivity index (χ0v) is 10.4. The molecule has 0 atom stereocenters. The van der Waals surface area contributed by atoms with Gasteiger partial charge < -0.3 is 10.8 Å². The van der Waals surface area contributed by atoms with Gasteiger partial charge in [0, 0.05) is 5.69 Å². The maximum atomic E-state index is 10.6. The van der Waals surface area contributed by atoms with Crippen molar-refractivity contribution in [2.75, 3.05) is 11.5 Å². The number of carboxylic acids is 1. The maximum Gasteiger partial charge on any atom is 0.313 e. The molecule has 8 heteroatoms. The third-order valence-electron chi connectivity index (χ3n) is 2.14. The molecule has 2 aromatic rings. The number of hydrogen-bond acceptors (Lipinski definition) is 6. The lowest BCUT2D eigenvalue weighted by atomic mass is 10.3. The maximum absolute atomic E-state index is 10.6. The van der Waals surface area contributed by atoms with Crippen LogP contribution in [-0.2, 0) is 4.79 Å². The predicted molar refractivity (Wildman–Crippen MR) is 66.7 cm³/mol. The number of rotatable bonds is 4. The van der Waals surface area contributed by atoms with E-state index in [0.717, 1.165) is 17.5 Å². The first-order valence-corrected chi connectivity index (χ1v) is 6.05. The Morgan fingerprint density at radius 2 is 2.28 bits per heavy atom. The largest absolute Gasteiger partial charge is 0.481 e. The average molecular weight is 265 g/mol. The number of thioether (sulfide) groups is 1. The Labute approximate surface area is 107 Å². The van der Waals surface area contributed by atoms with Gasteiger partial charge in [-0.1, -0.05) is 11.8 Å². The molecular formula is C10H11N5O2S. The Bertz CT molecular complexity index is 566. The molecule has 0 aromatic carbocycles. The van der Waals surface area contributed by atoms with Gasteiger partial charge in [0.25, 0.3) is 0 Å². The predicted octanol–water partition coefficient (Wildman–Crippen LogP) is 0.730. The van der Waals surface area contributed by atoms with Crippen LogP contribution in [0.2, 0.25) is 0 Å². The van der Waals surface area contributed by atoms with Gasteiger partial charge in [-0.25, -0.2) is 0 Å². The van der Waals surface area contributed by atoms with E-state index in [2.05, 4.69) is 15.2 Å². The third-order valence-corrected chi connectivity index (χ3v) is 3.05. The van der Waals surface area contributed by atoms with Crippen LogP contribution >= 0.6 is 11.8 Å². The molecule has 2 heterocycles. The molecule has 2 aromatic heterocycles. The minimum Gasteiger partial charge on any atom is -0.481 e. The number of nitrogens with two attached hydrogens (primary N) is 1. The van der Waals surface area contributed by atoms with Gasteiger partial charge in [-0.2, -0.15) is 0 Å². The molecular weight excluding hydrogens is 254 g/mol. The van der Waals surface area contributed by atoms with E-state index in [1.807, 2.05) is 19.1 Å². The molecule has 18 heavy (non-hydrogen) atoms. The lowest BCUT2D eigenvalue weighted by molar-refractivity contribution is -0.133. The molecule has 94 valence electrons. The molecule has 0 spiro atoms. The molecule has 0 bridgehead atoms. The van der Waals surface area contributed by atoms with E-state index in [4.69, 9.17) is 10.8 Å². The van der Waals surface area contributed by atoms with Crippen molar-refractivity contribution in [1.29, 1.82) is 0 Å². The summed E-state index contributed by atoms with van der Waals surface area (Å²) in [7, 11) is 0. The molecule has 0 radical (unpaired) electrons. The lowest BCUT2D eigenvalue weighted by Gasteiger charge is -2.06. The Balaban J connectivity index is 2.34. The van der Waals surface area contributed by atoms with Crippen LogP contribution in [0.1, 0.15) is 5.69 Å². The van der Waals surface area contributed by atoms with Crippen molar-refractivity contribution in [2.45, 2.75) is 12.1 Å². The molecule has 0 amide bonds. The topological polar surface area (TPSA) is 107 Å². The molecule has 0 saturated carbocycles. The summed E-state index contributed by atoms with van der Waals surface area (Å²) in [6.45, 7) is 1.87. The molecule has 3 N–H and O–H groups in total. The van der Waals surface area contributed by atoms with Crippen molar-refractivity contribution in [3.05, 3.63) is 24.0 Å². The monoisotopic (exact) mass is 265 g/mol. The molecule has 0 aliphatic heterocycles. The number of hydrogen-bond donors (Lipinski definition) is 2. The number of aliphatic carboxylic acids is 1. The summed E-state index contributed by atoms with van der Waals surface area (Å²) in [4.78, 5) is 14.7. The average Bonchev–Trinajstić information content (AvgIpc) is 2.69. The Morgan fingerprint density at radius 1 is 1.50 bits per heavy atom. The Kier molecular flexibility index (Phi) is 3.47. The van der Waals surface area contributed by atoms with Gasteiger partial charge in [0.2, 0.25) is 5.95 Å².